The highest BCUT2D eigenvalue weighted by molar-refractivity contribution is 6.18. The zero-order valence-corrected chi connectivity index (χ0v) is 25.7. The lowest BCUT2D eigenvalue weighted by Crippen LogP contribution is -2.35. The highest BCUT2D eigenvalue weighted by Gasteiger charge is 2.35. The third-order valence-electron chi connectivity index (χ3n) is 8.70. The molecule has 5 aromatic rings. The minimum absolute atomic E-state index is 0.0937. The van der Waals surface area contributed by atoms with Gasteiger partial charge in [0.1, 0.15) is 5.82 Å². The Balaban J connectivity index is 1.18. The molecule has 0 saturated heterocycles. The molecule has 2 aromatic heterocycles. The Kier molecular flexibility index (Phi) is 8.98. The first-order chi connectivity index (χ1) is 22.5. The van der Waals surface area contributed by atoms with Gasteiger partial charge in [0, 0.05) is 61.2 Å². The normalized spacial score (nSPS) is 17.1. The molecule has 1 amide bonds. The molecular weight excluding hydrogens is 614 g/mol. The van der Waals surface area contributed by atoms with E-state index >= 15 is 4.39 Å². The van der Waals surface area contributed by atoms with Crippen LogP contribution in [0.5, 0.6) is 0 Å². The fourth-order valence-corrected chi connectivity index (χ4v) is 6.21. The summed E-state index contributed by atoms with van der Waals surface area (Å²) in [5.41, 5.74) is 0.312. The number of alkyl halides is 3. The van der Waals surface area contributed by atoms with E-state index in [0.29, 0.717) is 40.6 Å². The third-order valence-corrected chi connectivity index (χ3v) is 8.70. The molecule has 0 aliphatic heterocycles. The first-order valence-corrected chi connectivity index (χ1v) is 15.2. The van der Waals surface area contributed by atoms with E-state index in [1.165, 1.54) is 47.4 Å². The average molecular weight is 648 g/mol. The molecule has 244 valence electrons. The van der Waals surface area contributed by atoms with E-state index in [1.54, 1.807) is 32.4 Å². The van der Waals surface area contributed by atoms with Crippen molar-refractivity contribution in [1.29, 1.82) is 0 Å². The van der Waals surface area contributed by atoms with Gasteiger partial charge in [0.2, 0.25) is 5.91 Å². The molecule has 3 N–H and O–H groups in total. The number of aromatic nitrogens is 3. The first-order valence-electron chi connectivity index (χ1n) is 15.2. The number of carbonyl (C=O) groups is 2. The third kappa shape index (κ3) is 6.70. The van der Waals surface area contributed by atoms with Crippen LogP contribution in [0.25, 0.3) is 33.1 Å². The fourth-order valence-electron chi connectivity index (χ4n) is 6.21. The van der Waals surface area contributed by atoms with E-state index in [-0.39, 0.29) is 27.9 Å². The van der Waals surface area contributed by atoms with Crippen LogP contribution in [-0.2, 0) is 22.8 Å². The molecule has 47 heavy (non-hydrogen) atoms. The molecule has 1 aliphatic rings. The standard InChI is InChI=1S/C35H33F4N5O3/c1-44-19-42-30-16-26(28(17-31(30)44)35(37,38)39)23-5-3-6-24-27(18-41-33(23)24)34(46)25-13-10-21(15-29(25)36)43-32(45)7-4-14-40-20-8-11-22(47-2)12-9-20/h3-7,10,13,15-20,22,40-41H,8-9,11-12,14H2,1-2H3,(H,43,45)/b7-4+. The van der Waals surface area contributed by atoms with Gasteiger partial charge in [-0.2, -0.15) is 13.2 Å². The maximum Gasteiger partial charge on any atom is 0.417 e. The summed E-state index contributed by atoms with van der Waals surface area (Å²) >= 11 is 0. The van der Waals surface area contributed by atoms with Gasteiger partial charge in [-0.25, -0.2) is 9.37 Å². The lowest BCUT2D eigenvalue weighted by atomic mass is 9.93. The second kappa shape index (κ2) is 13.1. The topological polar surface area (TPSA) is 101 Å². The number of methoxy groups -OCH3 is 1. The van der Waals surface area contributed by atoms with Crippen LogP contribution < -0.4 is 10.6 Å². The van der Waals surface area contributed by atoms with Crippen LogP contribution in [0, 0.1) is 5.82 Å². The molecule has 1 saturated carbocycles. The molecule has 3 aromatic carbocycles. The molecule has 1 fully saturated rings. The van der Waals surface area contributed by atoms with Crippen LogP contribution in [-0.4, -0.2) is 52.0 Å². The Morgan fingerprint density at radius 3 is 2.57 bits per heavy atom. The van der Waals surface area contributed by atoms with Gasteiger partial charge in [0.05, 0.1) is 40.1 Å². The van der Waals surface area contributed by atoms with E-state index in [1.807, 2.05) is 0 Å². The Morgan fingerprint density at radius 1 is 1.06 bits per heavy atom. The molecule has 0 unspecified atom stereocenters. The van der Waals surface area contributed by atoms with E-state index in [2.05, 4.69) is 20.6 Å². The highest BCUT2D eigenvalue weighted by atomic mass is 19.4. The van der Waals surface area contributed by atoms with Crippen LogP contribution in [0.1, 0.15) is 47.2 Å². The summed E-state index contributed by atoms with van der Waals surface area (Å²) in [5.74, 6) is -1.96. The monoisotopic (exact) mass is 647 g/mol. The molecule has 0 spiro atoms. The van der Waals surface area contributed by atoms with Crippen molar-refractivity contribution in [1.82, 2.24) is 19.9 Å². The number of benzene rings is 3. The van der Waals surface area contributed by atoms with Gasteiger partial charge in [-0.3, -0.25) is 9.59 Å². The molecular formula is C35H33F4N5O3. The van der Waals surface area contributed by atoms with Crippen molar-refractivity contribution in [3.05, 3.63) is 95.7 Å². The number of fused-ring (bicyclic) bond motifs is 2. The molecule has 0 radical (unpaired) electrons. The van der Waals surface area contributed by atoms with Crippen molar-refractivity contribution in [2.75, 3.05) is 19.0 Å². The molecule has 8 nitrogen and oxygen atoms in total. The molecule has 12 heteroatoms. The van der Waals surface area contributed by atoms with Gasteiger partial charge < -0.3 is 24.9 Å². The number of aryl methyl sites for hydroxylation is 1. The molecule has 6 rings (SSSR count). The average Bonchev–Trinajstić information content (AvgIpc) is 3.65. The number of amides is 1. The first kappa shape index (κ1) is 32.1. The van der Waals surface area contributed by atoms with Crippen LogP contribution in [0.4, 0.5) is 23.2 Å². The van der Waals surface area contributed by atoms with Crippen molar-refractivity contribution < 1.29 is 31.9 Å². The number of H-pyrrole nitrogens is 1. The van der Waals surface area contributed by atoms with Gasteiger partial charge in [0.25, 0.3) is 0 Å². The minimum Gasteiger partial charge on any atom is -0.381 e. The number of rotatable bonds is 9. The van der Waals surface area contributed by atoms with E-state index in [9.17, 15) is 22.8 Å². The minimum atomic E-state index is -4.65. The van der Waals surface area contributed by atoms with Crippen molar-refractivity contribution in [3.8, 4) is 11.1 Å². The lowest BCUT2D eigenvalue weighted by Gasteiger charge is -2.27. The predicted molar refractivity (Wildman–Crippen MR) is 172 cm³/mol. The number of imidazole rings is 1. The smallest absolute Gasteiger partial charge is 0.381 e. The Hall–Kier alpha value is -4.81. The number of anilines is 1. The highest BCUT2D eigenvalue weighted by Crippen LogP contribution is 2.41. The summed E-state index contributed by atoms with van der Waals surface area (Å²) in [6, 6.07) is 11.2. The molecule has 0 atom stereocenters. The fraction of sp³-hybridized carbons (Fsp3) is 0.286. The van der Waals surface area contributed by atoms with Crippen LogP contribution in [0.3, 0.4) is 0 Å². The van der Waals surface area contributed by atoms with Crippen molar-refractivity contribution in [2.24, 2.45) is 7.05 Å². The second-order valence-electron chi connectivity index (χ2n) is 11.7. The summed E-state index contributed by atoms with van der Waals surface area (Å²) in [6.07, 6.45) is 5.52. The maximum atomic E-state index is 15.2. The number of para-hydroxylation sites is 1. The number of carbonyl (C=O) groups excluding carboxylic acids is 2. The quantitative estimate of drug-likeness (QED) is 0.0897. The van der Waals surface area contributed by atoms with Gasteiger partial charge >= 0.3 is 6.18 Å². The van der Waals surface area contributed by atoms with Crippen LogP contribution >= 0.6 is 0 Å². The van der Waals surface area contributed by atoms with Gasteiger partial charge in [-0.15, -0.1) is 0 Å². The number of aromatic amines is 1. The van der Waals surface area contributed by atoms with Crippen molar-refractivity contribution in [2.45, 2.75) is 44.0 Å². The van der Waals surface area contributed by atoms with Gasteiger partial charge in [-0.05, 0) is 61.6 Å². The predicted octanol–water partition coefficient (Wildman–Crippen LogP) is 7.15. The molecule has 2 heterocycles. The molecule has 0 bridgehead atoms. The summed E-state index contributed by atoms with van der Waals surface area (Å²) in [6.45, 7) is 0.513. The lowest BCUT2D eigenvalue weighted by molar-refractivity contribution is -0.137. The van der Waals surface area contributed by atoms with E-state index in [0.717, 1.165) is 37.8 Å². The summed E-state index contributed by atoms with van der Waals surface area (Å²) in [4.78, 5) is 33.1. The SMILES string of the molecule is COC1CCC(NC/C=C/C(=O)Nc2ccc(C(=O)c3c[nH]c4c(-c5cc6ncn(C)c6cc5C(F)(F)F)cccc34)c(F)c2)CC1. The number of ether oxygens (including phenoxy) is 1. The number of halogens is 4. The Morgan fingerprint density at radius 2 is 1.85 bits per heavy atom. The number of hydrogen-bond acceptors (Lipinski definition) is 5. The van der Waals surface area contributed by atoms with Crippen molar-refractivity contribution in [3.63, 3.8) is 0 Å². The Labute approximate surface area is 267 Å². The van der Waals surface area contributed by atoms with E-state index < -0.39 is 29.2 Å². The summed E-state index contributed by atoms with van der Waals surface area (Å²) < 4.78 is 64.8. The number of nitrogens with zero attached hydrogens (tertiary/aromatic N) is 2. The molecule has 1 aliphatic carbocycles. The number of ketones is 1. The number of hydrogen-bond donors (Lipinski definition) is 3. The second-order valence-corrected chi connectivity index (χ2v) is 11.7. The maximum absolute atomic E-state index is 15.2. The summed E-state index contributed by atoms with van der Waals surface area (Å²) in [5, 5.41) is 6.33. The van der Waals surface area contributed by atoms with Gasteiger partial charge in [-0.1, -0.05) is 24.3 Å². The van der Waals surface area contributed by atoms with Crippen LogP contribution in [0.15, 0.2) is 73.2 Å². The largest absolute Gasteiger partial charge is 0.417 e. The number of nitrogens with one attached hydrogen (secondary N) is 3. The van der Waals surface area contributed by atoms with E-state index in [4.69, 9.17) is 4.74 Å². The summed E-state index contributed by atoms with van der Waals surface area (Å²) in [7, 11) is 3.34. The van der Waals surface area contributed by atoms with Crippen molar-refractivity contribution >= 4 is 39.3 Å². The zero-order chi connectivity index (χ0) is 33.3. The zero-order valence-electron chi connectivity index (χ0n) is 25.7. The van der Waals surface area contributed by atoms with Crippen LogP contribution in [0.2, 0.25) is 0 Å². The van der Waals surface area contributed by atoms with Gasteiger partial charge in [0.15, 0.2) is 5.78 Å². The Bertz CT molecular complexity index is 1990.